The number of piperidine rings is 1. The second-order valence-electron chi connectivity index (χ2n) is 5.93. The van der Waals surface area contributed by atoms with Crippen LogP contribution in [0.1, 0.15) is 26.2 Å². The second-order valence-corrected chi connectivity index (χ2v) is 5.93. The maximum Gasteiger partial charge on any atom is 0.321 e. The van der Waals surface area contributed by atoms with Gasteiger partial charge in [0.2, 0.25) is 0 Å². The summed E-state index contributed by atoms with van der Waals surface area (Å²) in [4.78, 5) is 14.4. The smallest absolute Gasteiger partial charge is 0.321 e. The standard InChI is InChI=1S/C18H23N3O/c1-2-15-7-6-12-21(14-15)18(22)19-16-8-5-9-17(13-16)20-10-3-4-11-20/h3-5,8-11,13,15H,2,6-7,12,14H2,1H3,(H,19,22). The molecule has 4 heteroatoms. The molecule has 1 fully saturated rings. The number of nitrogens with zero attached hydrogens (tertiary/aromatic N) is 2. The Balaban J connectivity index is 1.68. The fraction of sp³-hybridized carbons (Fsp3) is 0.389. The number of rotatable bonds is 3. The van der Waals surface area contributed by atoms with Crippen molar-refractivity contribution in [2.75, 3.05) is 18.4 Å². The number of amides is 2. The SMILES string of the molecule is CCC1CCCN(C(=O)Nc2cccc(-n3cccc3)c2)C1. The Morgan fingerprint density at radius 3 is 2.86 bits per heavy atom. The first-order valence-corrected chi connectivity index (χ1v) is 8.05. The molecule has 0 aliphatic carbocycles. The molecule has 1 aliphatic heterocycles. The van der Waals surface area contributed by atoms with Crippen molar-refractivity contribution in [2.24, 2.45) is 5.92 Å². The predicted octanol–water partition coefficient (Wildman–Crippen LogP) is 4.13. The third-order valence-electron chi connectivity index (χ3n) is 4.38. The molecule has 1 aromatic carbocycles. The maximum absolute atomic E-state index is 12.4. The summed E-state index contributed by atoms with van der Waals surface area (Å²) in [6.07, 6.45) is 7.49. The van der Waals surface area contributed by atoms with Crippen LogP contribution in [0, 0.1) is 5.92 Å². The molecular weight excluding hydrogens is 274 g/mol. The molecule has 2 amide bonds. The monoisotopic (exact) mass is 297 g/mol. The van der Waals surface area contributed by atoms with Crippen molar-refractivity contribution >= 4 is 11.7 Å². The Bertz CT molecular complexity index is 621. The highest BCUT2D eigenvalue weighted by Gasteiger charge is 2.22. The number of benzene rings is 1. The maximum atomic E-state index is 12.4. The Morgan fingerprint density at radius 2 is 2.09 bits per heavy atom. The molecule has 22 heavy (non-hydrogen) atoms. The van der Waals surface area contributed by atoms with E-state index >= 15 is 0 Å². The van der Waals surface area contributed by atoms with Gasteiger partial charge in [0.15, 0.2) is 0 Å². The van der Waals surface area contributed by atoms with Crippen LogP contribution in [0.3, 0.4) is 0 Å². The van der Waals surface area contributed by atoms with Gasteiger partial charge in [-0.05, 0) is 49.1 Å². The summed E-state index contributed by atoms with van der Waals surface area (Å²) < 4.78 is 2.03. The third kappa shape index (κ3) is 3.32. The van der Waals surface area contributed by atoms with E-state index in [-0.39, 0.29) is 6.03 Å². The lowest BCUT2D eigenvalue weighted by atomic mass is 9.96. The first-order valence-electron chi connectivity index (χ1n) is 8.05. The molecule has 3 rings (SSSR count). The van der Waals surface area contributed by atoms with Gasteiger partial charge in [0.25, 0.3) is 0 Å². The van der Waals surface area contributed by atoms with E-state index in [1.54, 1.807) is 0 Å². The van der Waals surface area contributed by atoms with Gasteiger partial charge in [0.1, 0.15) is 0 Å². The summed E-state index contributed by atoms with van der Waals surface area (Å²) >= 11 is 0. The van der Waals surface area contributed by atoms with Gasteiger partial charge < -0.3 is 14.8 Å². The van der Waals surface area contributed by atoms with E-state index in [1.165, 1.54) is 6.42 Å². The third-order valence-corrected chi connectivity index (χ3v) is 4.38. The molecule has 4 nitrogen and oxygen atoms in total. The highest BCUT2D eigenvalue weighted by molar-refractivity contribution is 5.89. The highest BCUT2D eigenvalue weighted by atomic mass is 16.2. The van der Waals surface area contributed by atoms with Crippen LogP contribution >= 0.6 is 0 Å². The minimum atomic E-state index is 0.0165. The number of carbonyl (C=O) groups is 1. The first-order chi connectivity index (χ1) is 10.8. The average Bonchev–Trinajstić information content (AvgIpc) is 3.10. The molecule has 1 unspecified atom stereocenters. The topological polar surface area (TPSA) is 37.3 Å². The first kappa shape index (κ1) is 14.7. The van der Waals surface area contributed by atoms with Crippen LogP contribution < -0.4 is 5.32 Å². The molecule has 1 N–H and O–H groups in total. The lowest BCUT2D eigenvalue weighted by Gasteiger charge is -2.32. The van der Waals surface area contributed by atoms with Crippen LogP contribution in [-0.4, -0.2) is 28.6 Å². The largest absolute Gasteiger partial charge is 0.324 e. The number of aromatic nitrogens is 1. The minimum absolute atomic E-state index is 0.0165. The Hall–Kier alpha value is -2.23. The quantitative estimate of drug-likeness (QED) is 0.908. The molecule has 1 saturated heterocycles. The average molecular weight is 297 g/mol. The van der Waals surface area contributed by atoms with Crippen LogP contribution in [0.2, 0.25) is 0 Å². The highest BCUT2D eigenvalue weighted by Crippen LogP contribution is 2.21. The van der Waals surface area contributed by atoms with Crippen LogP contribution in [0.4, 0.5) is 10.5 Å². The molecule has 0 radical (unpaired) electrons. The number of carbonyl (C=O) groups excluding carboxylic acids is 1. The lowest BCUT2D eigenvalue weighted by Crippen LogP contribution is -2.42. The van der Waals surface area contributed by atoms with E-state index in [1.807, 2.05) is 58.3 Å². The second kappa shape index (κ2) is 6.69. The van der Waals surface area contributed by atoms with Gasteiger partial charge in [0, 0.05) is 36.9 Å². The van der Waals surface area contributed by atoms with Crippen LogP contribution in [0.15, 0.2) is 48.8 Å². The number of likely N-dealkylation sites (tertiary alicyclic amines) is 1. The molecular formula is C18H23N3O. The molecule has 0 saturated carbocycles. The zero-order valence-corrected chi connectivity index (χ0v) is 13.0. The minimum Gasteiger partial charge on any atom is -0.324 e. The van der Waals surface area contributed by atoms with Crippen LogP contribution in [0.5, 0.6) is 0 Å². The van der Waals surface area contributed by atoms with Gasteiger partial charge >= 0.3 is 6.03 Å². The predicted molar refractivity (Wildman–Crippen MR) is 89.4 cm³/mol. The van der Waals surface area contributed by atoms with E-state index in [4.69, 9.17) is 0 Å². The number of urea groups is 1. The number of hydrogen-bond donors (Lipinski definition) is 1. The van der Waals surface area contributed by atoms with Crippen molar-refractivity contribution in [3.63, 3.8) is 0 Å². The number of nitrogens with one attached hydrogen (secondary N) is 1. The van der Waals surface area contributed by atoms with Crippen molar-refractivity contribution in [3.8, 4) is 5.69 Å². The van der Waals surface area contributed by atoms with Crippen molar-refractivity contribution in [1.29, 1.82) is 0 Å². The summed E-state index contributed by atoms with van der Waals surface area (Å²) in [6, 6.07) is 11.9. The normalized spacial score (nSPS) is 18.2. The fourth-order valence-electron chi connectivity index (χ4n) is 3.04. The lowest BCUT2D eigenvalue weighted by molar-refractivity contribution is 0.176. The molecule has 0 bridgehead atoms. The molecule has 2 heterocycles. The van der Waals surface area contributed by atoms with Gasteiger partial charge in [-0.1, -0.05) is 19.4 Å². The van der Waals surface area contributed by atoms with Gasteiger partial charge in [0.05, 0.1) is 0 Å². The fourth-order valence-corrected chi connectivity index (χ4v) is 3.04. The van der Waals surface area contributed by atoms with E-state index in [0.717, 1.165) is 37.3 Å². The van der Waals surface area contributed by atoms with Crippen LogP contribution in [0.25, 0.3) is 5.69 Å². The zero-order valence-electron chi connectivity index (χ0n) is 13.0. The molecule has 1 aliphatic rings. The molecule has 1 aromatic heterocycles. The van der Waals surface area contributed by atoms with Crippen molar-refractivity contribution in [1.82, 2.24) is 9.47 Å². The Morgan fingerprint density at radius 1 is 1.27 bits per heavy atom. The summed E-state index contributed by atoms with van der Waals surface area (Å²) in [5.74, 6) is 0.644. The van der Waals surface area contributed by atoms with E-state index in [9.17, 15) is 4.79 Å². The molecule has 0 spiro atoms. The Labute approximate surface area is 131 Å². The van der Waals surface area contributed by atoms with Gasteiger partial charge in [-0.15, -0.1) is 0 Å². The van der Waals surface area contributed by atoms with E-state index < -0.39 is 0 Å². The van der Waals surface area contributed by atoms with Crippen LogP contribution in [-0.2, 0) is 0 Å². The van der Waals surface area contributed by atoms with E-state index in [0.29, 0.717) is 5.92 Å². The van der Waals surface area contributed by atoms with Crippen molar-refractivity contribution in [3.05, 3.63) is 48.8 Å². The summed E-state index contributed by atoms with van der Waals surface area (Å²) in [7, 11) is 0. The Kier molecular flexibility index (Phi) is 4.47. The summed E-state index contributed by atoms with van der Waals surface area (Å²) in [6.45, 7) is 3.94. The zero-order chi connectivity index (χ0) is 15.4. The summed E-state index contributed by atoms with van der Waals surface area (Å²) in [5.41, 5.74) is 1.89. The summed E-state index contributed by atoms with van der Waals surface area (Å²) in [5, 5.41) is 3.03. The van der Waals surface area contributed by atoms with E-state index in [2.05, 4.69) is 12.2 Å². The molecule has 1 atom stereocenters. The van der Waals surface area contributed by atoms with Gasteiger partial charge in [-0.2, -0.15) is 0 Å². The van der Waals surface area contributed by atoms with Crippen molar-refractivity contribution in [2.45, 2.75) is 26.2 Å². The van der Waals surface area contributed by atoms with Gasteiger partial charge in [-0.25, -0.2) is 4.79 Å². The number of anilines is 1. The number of hydrogen-bond acceptors (Lipinski definition) is 1. The molecule has 116 valence electrons. The molecule has 2 aromatic rings. The van der Waals surface area contributed by atoms with Gasteiger partial charge in [-0.3, -0.25) is 0 Å². The van der Waals surface area contributed by atoms with Crippen molar-refractivity contribution < 1.29 is 4.79 Å².